The van der Waals surface area contributed by atoms with Crippen LogP contribution < -0.4 is 15.0 Å². The molecule has 2 aromatic carbocycles. The van der Waals surface area contributed by atoms with Crippen LogP contribution in [0.2, 0.25) is 5.02 Å². The molecular weight excluding hydrogens is 554 g/mol. The number of carbonyl (C=O) groups is 2. The number of nitriles is 1. The number of nitrogens with zero attached hydrogens (tertiary/aromatic N) is 4. The Bertz CT molecular complexity index is 1300. The number of rotatable bonds is 6. The van der Waals surface area contributed by atoms with Gasteiger partial charge in [0.15, 0.2) is 0 Å². The number of hydrogen-bond donors (Lipinski definition) is 1. The van der Waals surface area contributed by atoms with E-state index in [9.17, 15) is 9.59 Å². The average Bonchev–Trinajstić information content (AvgIpc) is 2.93. The molecule has 42 heavy (non-hydrogen) atoms. The fraction of sp³-hybridized carbons (Fsp3) is 0.531. The molecule has 0 radical (unpaired) electrons. The van der Waals surface area contributed by atoms with Crippen molar-refractivity contribution in [3.63, 3.8) is 0 Å². The van der Waals surface area contributed by atoms with Crippen LogP contribution in [0.25, 0.3) is 0 Å². The Morgan fingerprint density at radius 2 is 1.64 bits per heavy atom. The molecule has 3 fully saturated rings. The highest BCUT2D eigenvalue weighted by atomic mass is 35.5. The van der Waals surface area contributed by atoms with Crippen LogP contribution in [0.5, 0.6) is 5.75 Å². The van der Waals surface area contributed by atoms with Gasteiger partial charge in [0.05, 0.1) is 16.7 Å². The number of ether oxygens (including phenoxy) is 2. The molecule has 0 atom stereocenters. The lowest BCUT2D eigenvalue weighted by Crippen LogP contribution is -2.64. The van der Waals surface area contributed by atoms with E-state index in [4.69, 9.17) is 26.3 Å². The first-order chi connectivity index (χ1) is 20.1. The van der Waals surface area contributed by atoms with Crippen molar-refractivity contribution in [3.05, 3.63) is 58.6 Å². The first-order valence-corrected chi connectivity index (χ1v) is 15.2. The predicted octanol–water partition coefficient (Wildman–Crippen LogP) is 5.07. The highest BCUT2D eigenvalue weighted by Gasteiger charge is 2.38. The van der Waals surface area contributed by atoms with Crippen LogP contribution in [0.1, 0.15) is 62.4 Å². The zero-order chi connectivity index (χ0) is 29.9. The Balaban J connectivity index is 1.02. The second kappa shape index (κ2) is 12.8. The average molecular weight is 594 g/mol. The van der Waals surface area contributed by atoms with Crippen LogP contribution in [0.4, 0.5) is 10.5 Å². The van der Waals surface area contributed by atoms with Gasteiger partial charge in [0.25, 0.3) is 5.91 Å². The predicted molar refractivity (Wildman–Crippen MR) is 162 cm³/mol. The van der Waals surface area contributed by atoms with Gasteiger partial charge in [0, 0.05) is 68.7 Å². The van der Waals surface area contributed by atoms with E-state index in [0.717, 1.165) is 70.6 Å². The molecule has 3 aliphatic rings. The third-order valence-corrected chi connectivity index (χ3v) is 8.53. The second-order valence-corrected chi connectivity index (χ2v) is 12.8. The Kier molecular flexibility index (Phi) is 9.14. The molecule has 0 spiro atoms. The standard InChI is InChI=1S/C32H40ClN5O4/c1-32(2,3)42-31(40)38-20-26(21-38)37-16-14-36(15-17-37)25-9-4-22(5-10-25)30(39)35-24-7-12-27(13-8-24)41-28-11-6-23(19-34)29(33)18-28/h4-6,9-11,18,24,26-27H,7-8,12-17,20-21H2,1-3H3,(H,35,39). The second-order valence-electron chi connectivity index (χ2n) is 12.4. The number of amides is 2. The maximum Gasteiger partial charge on any atom is 0.410 e. The number of carbonyl (C=O) groups excluding carboxylic acids is 2. The number of hydrogen-bond acceptors (Lipinski definition) is 7. The molecule has 1 N–H and O–H groups in total. The Hall–Kier alpha value is -3.48. The Morgan fingerprint density at radius 1 is 0.976 bits per heavy atom. The van der Waals surface area contributed by atoms with E-state index >= 15 is 0 Å². The largest absolute Gasteiger partial charge is 0.490 e. The fourth-order valence-electron chi connectivity index (χ4n) is 5.78. The number of benzene rings is 2. The zero-order valence-corrected chi connectivity index (χ0v) is 25.4. The molecule has 0 bridgehead atoms. The van der Waals surface area contributed by atoms with Crippen molar-refractivity contribution < 1.29 is 19.1 Å². The number of anilines is 1. The normalized spacial score (nSPS) is 21.7. The number of halogens is 1. The quantitative estimate of drug-likeness (QED) is 0.499. The summed E-state index contributed by atoms with van der Waals surface area (Å²) in [6.07, 6.45) is 3.21. The summed E-state index contributed by atoms with van der Waals surface area (Å²) < 4.78 is 11.5. The molecular formula is C32H40ClN5O4. The van der Waals surface area contributed by atoms with Crippen molar-refractivity contribution in [2.24, 2.45) is 0 Å². The molecule has 0 unspecified atom stereocenters. The molecule has 10 heteroatoms. The van der Waals surface area contributed by atoms with Gasteiger partial charge in [-0.2, -0.15) is 5.26 Å². The van der Waals surface area contributed by atoms with E-state index in [1.165, 1.54) is 0 Å². The van der Waals surface area contributed by atoms with Crippen molar-refractivity contribution >= 4 is 29.3 Å². The minimum atomic E-state index is -0.469. The highest BCUT2D eigenvalue weighted by Crippen LogP contribution is 2.28. The van der Waals surface area contributed by atoms with Gasteiger partial charge in [0.2, 0.25) is 0 Å². The molecule has 5 rings (SSSR count). The number of piperazine rings is 1. The van der Waals surface area contributed by atoms with Crippen LogP contribution >= 0.6 is 11.6 Å². The zero-order valence-electron chi connectivity index (χ0n) is 24.6. The summed E-state index contributed by atoms with van der Waals surface area (Å²) in [4.78, 5) is 31.8. The number of likely N-dealkylation sites (tertiary alicyclic amines) is 1. The summed E-state index contributed by atoms with van der Waals surface area (Å²) in [5.41, 5.74) is 1.75. The lowest BCUT2D eigenvalue weighted by Gasteiger charge is -2.48. The van der Waals surface area contributed by atoms with E-state index in [-0.39, 0.29) is 24.1 Å². The summed E-state index contributed by atoms with van der Waals surface area (Å²) in [6, 6.07) is 15.6. The van der Waals surface area contributed by atoms with E-state index < -0.39 is 5.60 Å². The summed E-state index contributed by atoms with van der Waals surface area (Å²) in [6.45, 7) is 10.8. The van der Waals surface area contributed by atoms with Gasteiger partial charge >= 0.3 is 6.09 Å². The van der Waals surface area contributed by atoms with Crippen LogP contribution in [-0.2, 0) is 4.74 Å². The fourth-order valence-corrected chi connectivity index (χ4v) is 5.99. The van der Waals surface area contributed by atoms with E-state index in [1.54, 1.807) is 23.1 Å². The van der Waals surface area contributed by atoms with Crippen LogP contribution in [0.3, 0.4) is 0 Å². The van der Waals surface area contributed by atoms with Crippen LogP contribution in [0.15, 0.2) is 42.5 Å². The minimum Gasteiger partial charge on any atom is -0.490 e. The third kappa shape index (κ3) is 7.47. The van der Waals surface area contributed by atoms with Crippen molar-refractivity contribution in [1.29, 1.82) is 5.26 Å². The lowest BCUT2D eigenvalue weighted by molar-refractivity contribution is -0.0162. The van der Waals surface area contributed by atoms with Gasteiger partial charge in [-0.3, -0.25) is 9.69 Å². The SMILES string of the molecule is CC(C)(C)OC(=O)N1CC(N2CCN(c3ccc(C(=O)NC4CCC(Oc5ccc(C#N)c(Cl)c5)CC4)cc3)CC2)C1. The van der Waals surface area contributed by atoms with Crippen LogP contribution in [-0.4, -0.2) is 84.9 Å². The third-order valence-electron chi connectivity index (χ3n) is 8.21. The van der Waals surface area contributed by atoms with Crippen molar-refractivity contribution in [1.82, 2.24) is 15.1 Å². The monoisotopic (exact) mass is 593 g/mol. The smallest absolute Gasteiger partial charge is 0.410 e. The van der Waals surface area contributed by atoms with Gasteiger partial charge in [-0.05, 0) is 82.9 Å². The summed E-state index contributed by atoms with van der Waals surface area (Å²) in [7, 11) is 0. The van der Waals surface area contributed by atoms with Crippen LogP contribution in [0, 0.1) is 11.3 Å². The molecule has 2 amide bonds. The van der Waals surface area contributed by atoms with Crippen molar-refractivity contribution in [2.75, 3.05) is 44.2 Å². The molecule has 1 aliphatic carbocycles. The lowest BCUT2D eigenvalue weighted by atomic mass is 9.92. The topological polar surface area (TPSA) is 98.1 Å². The Morgan fingerprint density at radius 3 is 2.24 bits per heavy atom. The van der Waals surface area contributed by atoms with Gasteiger partial charge in [-0.1, -0.05) is 11.6 Å². The van der Waals surface area contributed by atoms with Crippen molar-refractivity contribution in [3.8, 4) is 11.8 Å². The maximum absolute atomic E-state index is 12.9. The van der Waals surface area contributed by atoms with Gasteiger partial charge in [-0.15, -0.1) is 0 Å². The molecule has 2 aromatic rings. The summed E-state index contributed by atoms with van der Waals surface area (Å²) in [5.74, 6) is 0.620. The molecule has 2 heterocycles. The van der Waals surface area contributed by atoms with E-state index in [2.05, 4.69) is 21.2 Å². The highest BCUT2D eigenvalue weighted by molar-refractivity contribution is 6.31. The van der Waals surface area contributed by atoms with Gasteiger partial charge in [-0.25, -0.2) is 4.79 Å². The molecule has 1 saturated carbocycles. The number of nitrogens with one attached hydrogen (secondary N) is 1. The minimum absolute atomic E-state index is 0.0471. The summed E-state index contributed by atoms with van der Waals surface area (Å²) in [5, 5.41) is 12.6. The Labute approximate surface area is 253 Å². The molecule has 2 aliphatic heterocycles. The van der Waals surface area contributed by atoms with E-state index in [0.29, 0.717) is 27.9 Å². The first kappa shape index (κ1) is 30.0. The maximum atomic E-state index is 12.9. The van der Waals surface area contributed by atoms with E-state index in [1.807, 2.05) is 45.0 Å². The molecule has 0 aromatic heterocycles. The van der Waals surface area contributed by atoms with Gasteiger partial charge in [0.1, 0.15) is 17.4 Å². The first-order valence-electron chi connectivity index (χ1n) is 14.8. The summed E-state index contributed by atoms with van der Waals surface area (Å²) >= 11 is 6.12. The molecule has 9 nitrogen and oxygen atoms in total. The van der Waals surface area contributed by atoms with Gasteiger partial charge < -0.3 is 24.6 Å². The van der Waals surface area contributed by atoms with Crippen molar-refractivity contribution in [2.45, 2.75) is 70.2 Å². The molecule has 224 valence electrons. The molecule has 2 saturated heterocycles.